The number of hydrogen-bond acceptors (Lipinski definition) is 4. The Balaban J connectivity index is 2.94. The van der Waals surface area contributed by atoms with Crippen LogP contribution >= 0.6 is 0 Å². The van der Waals surface area contributed by atoms with Crippen molar-refractivity contribution in [2.75, 3.05) is 19.5 Å². The number of benzene rings is 1. The van der Waals surface area contributed by atoms with E-state index in [-0.39, 0.29) is 16.2 Å². The van der Waals surface area contributed by atoms with E-state index in [0.717, 1.165) is 0 Å². The highest BCUT2D eigenvalue weighted by Crippen LogP contribution is 2.19. The molecule has 6 heteroatoms. The monoisotopic (exact) mass is 286 g/mol. The fraction of sp³-hybridized carbons (Fsp3) is 0.462. The first-order chi connectivity index (χ1) is 8.88. The van der Waals surface area contributed by atoms with Crippen LogP contribution in [0.1, 0.15) is 28.8 Å². The smallest absolute Gasteiger partial charge is 0.335 e. The van der Waals surface area contributed by atoms with E-state index >= 15 is 0 Å². The fourth-order valence-corrected chi connectivity index (χ4v) is 3.39. The van der Waals surface area contributed by atoms with Gasteiger partial charge in [-0.15, -0.1) is 0 Å². The highest BCUT2D eigenvalue weighted by Gasteiger charge is 2.18. The zero-order valence-electron chi connectivity index (χ0n) is 11.0. The SMILES string of the molecule is COCCCCS(=O)(=O)c1cc(C(=O)O)ccc1C. The van der Waals surface area contributed by atoms with Crippen molar-refractivity contribution in [1.29, 1.82) is 0 Å². The molecule has 0 aliphatic rings. The second kappa shape index (κ2) is 6.68. The third-order valence-corrected chi connectivity index (χ3v) is 4.72. The largest absolute Gasteiger partial charge is 0.478 e. The number of aromatic carboxylic acids is 1. The summed E-state index contributed by atoms with van der Waals surface area (Å²) < 4.78 is 29.2. The number of ether oxygens (including phenoxy) is 1. The molecule has 0 unspecified atom stereocenters. The van der Waals surface area contributed by atoms with Gasteiger partial charge in [-0.3, -0.25) is 0 Å². The zero-order valence-corrected chi connectivity index (χ0v) is 11.9. The summed E-state index contributed by atoms with van der Waals surface area (Å²) in [5.41, 5.74) is 0.554. The van der Waals surface area contributed by atoms with Crippen LogP contribution in [-0.4, -0.2) is 39.0 Å². The van der Waals surface area contributed by atoms with E-state index in [1.165, 1.54) is 18.2 Å². The summed E-state index contributed by atoms with van der Waals surface area (Å²) >= 11 is 0. The molecule has 1 aromatic carbocycles. The molecular formula is C13H18O5S. The Labute approximate surface area is 113 Å². The van der Waals surface area contributed by atoms with Crippen molar-refractivity contribution in [2.24, 2.45) is 0 Å². The molecule has 0 radical (unpaired) electrons. The quantitative estimate of drug-likeness (QED) is 0.774. The Morgan fingerprint density at radius 2 is 2.00 bits per heavy atom. The highest BCUT2D eigenvalue weighted by atomic mass is 32.2. The maximum Gasteiger partial charge on any atom is 0.335 e. The first-order valence-corrected chi connectivity index (χ1v) is 7.59. The summed E-state index contributed by atoms with van der Waals surface area (Å²) in [6, 6.07) is 4.15. The average Bonchev–Trinajstić information content (AvgIpc) is 2.34. The van der Waals surface area contributed by atoms with E-state index in [0.29, 0.717) is 25.0 Å². The molecule has 1 aromatic rings. The van der Waals surface area contributed by atoms with Crippen LogP contribution < -0.4 is 0 Å². The molecule has 0 atom stereocenters. The molecule has 0 aliphatic heterocycles. The van der Waals surface area contributed by atoms with Crippen molar-refractivity contribution in [2.45, 2.75) is 24.7 Å². The summed E-state index contributed by atoms with van der Waals surface area (Å²) in [4.78, 5) is 11.0. The maximum absolute atomic E-state index is 12.2. The van der Waals surface area contributed by atoms with E-state index in [4.69, 9.17) is 9.84 Å². The normalized spacial score (nSPS) is 11.5. The Kier molecular flexibility index (Phi) is 5.50. The molecule has 0 aliphatic carbocycles. The molecule has 0 saturated heterocycles. The second-order valence-corrected chi connectivity index (χ2v) is 6.38. The number of carboxylic acid groups (broad SMARTS) is 1. The van der Waals surface area contributed by atoms with Crippen LogP contribution in [0.5, 0.6) is 0 Å². The van der Waals surface area contributed by atoms with Gasteiger partial charge in [0.2, 0.25) is 0 Å². The van der Waals surface area contributed by atoms with E-state index < -0.39 is 15.8 Å². The van der Waals surface area contributed by atoms with Crippen LogP contribution in [-0.2, 0) is 14.6 Å². The summed E-state index contributed by atoms with van der Waals surface area (Å²) in [5.74, 6) is -1.13. The van der Waals surface area contributed by atoms with Gasteiger partial charge in [-0.1, -0.05) is 6.07 Å². The number of aryl methyl sites for hydroxylation is 1. The lowest BCUT2D eigenvalue weighted by molar-refractivity contribution is 0.0696. The Bertz CT molecular complexity index is 548. The van der Waals surface area contributed by atoms with Crippen LogP contribution in [0, 0.1) is 6.92 Å². The van der Waals surface area contributed by atoms with Gasteiger partial charge in [-0.2, -0.15) is 0 Å². The van der Waals surface area contributed by atoms with Crippen LogP contribution in [0.3, 0.4) is 0 Å². The van der Waals surface area contributed by atoms with Gasteiger partial charge in [0.05, 0.1) is 16.2 Å². The van der Waals surface area contributed by atoms with Crippen LogP contribution in [0.4, 0.5) is 0 Å². The van der Waals surface area contributed by atoms with Gasteiger partial charge >= 0.3 is 5.97 Å². The average molecular weight is 286 g/mol. The number of carboxylic acids is 1. The van der Waals surface area contributed by atoms with Gasteiger partial charge in [0.15, 0.2) is 9.84 Å². The van der Waals surface area contributed by atoms with Gasteiger partial charge in [0, 0.05) is 13.7 Å². The predicted octanol–water partition coefficient (Wildman–Crippen LogP) is 1.89. The molecule has 1 rings (SSSR count). The van der Waals surface area contributed by atoms with Gasteiger partial charge in [0.1, 0.15) is 0 Å². The van der Waals surface area contributed by atoms with Gasteiger partial charge in [-0.25, -0.2) is 13.2 Å². The maximum atomic E-state index is 12.2. The zero-order chi connectivity index (χ0) is 14.5. The number of rotatable bonds is 7. The summed E-state index contributed by atoms with van der Waals surface area (Å²) in [7, 11) is -1.88. The molecule has 0 aromatic heterocycles. The van der Waals surface area contributed by atoms with Gasteiger partial charge in [-0.05, 0) is 37.5 Å². The number of methoxy groups -OCH3 is 1. The number of carbonyl (C=O) groups is 1. The molecule has 0 saturated carbocycles. The minimum Gasteiger partial charge on any atom is -0.478 e. The van der Waals surface area contributed by atoms with E-state index in [2.05, 4.69) is 0 Å². The van der Waals surface area contributed by atoms with E-state index in [1.807, 2.05) is 0 Å². The first-order valence-electron chi connectivity index (χ1n) is 5.94. The number of sulfone groups is 1. The van der Waals surface area contributed by atoms with Crippen molar-refractivity contribution in [3.63, 3.8) is 0 Å². The van der Waals surface area contributed by atoms with Gasteiger partial charge < -0.3 is 9.84 Å². The standard InChI is InChI=1S/C13H18O5S/c1-10-5-6-11(13(14)15)9-12(10)19(16,17)8-4-3-7-18-2/h5-6,9H,3-4,7-8H2,1-2H3,(H,14,15). The Morgan fingerprint density at radius 3 is 2.58 bits per heavy atom. The molecule has 5 nitrogen and oxygen atoms in total. The minimum absolute atomic E-state index is 0.000270. The molecular weight excluding hydrogens is 268 g/mol. The molecule has 0 spiro atoms. The van der Waals surface area contributed by atoms with Gasteiger partial charge in [0.25, 0.3) is 0 Å². The second-order valence-electron chi connectivity index (χ2n) is 4.30. The lowest BCUT2D eigenvalue weighted by Crippen LogP contribution is -2.11. The predicted molar refractivity (Wildman–Crippen MR) is 71.3 cm³/mol. The summed E-state index contributed by atoms with van der Waals surface area (Å²) in [5, 5.41) is 8.90. The van der Waals surface area contributed by atoms with Crippen LogP contribution in [0.15, 0.2) is 23.1 Å². The molecule has 19 heavy (non-hydrogen) atoms. The van der Waals surface area contributed by atoms with Crippen molar-refractivity contribution in [3.05, 3.63) is 29.3 Å². The first kappa shape index (κ1) is 15.7. The van der Waals surface area contributed by atoms with Crippen LogP contribution in [0.2, 0.25) is 0 Å². The molecule has 0 bridgehead atoms. The van der Waals surface area contributed by atoms with Crippen molar-refractivity contribution in [3.8, 4) is 0 Å². The van der Waals surface area contributed by atoms with Crippen molar-refractivity contribution >= 4 is 15.8 Å². The van der Waals surface area contributed by atoms with Crippen LogP contribution in [0.25, 0.3) is 0 Å². The fourth-order valence-electron chi connectivity index (χ4n) is 1.72. The van der Waals surface area contributed by atoms with E-state index in [1.54, 1.807) is 14.0 Å². The van der Waals surface area contributed by atoms with Crippen molar-refractivity contribution in [1.82, 2.24) is 0 Å². The molecule has 0 heterocycles. The number of unbranched alkanes of at least 4 members (excludes halogenated alkanes) is 1. The molecule has 0 amide bonds. The number of hydrogen-bond donors (Lipinski definition) is 1. The minimum atomic E-state index is -3.45. The Morgan fingerprint density at radius 1 is 1.32 bits per heavy atom. The van der Waals surface area contributed by atoms with E-state index in [9.17, 15) is 13.2 Å². The highest BCUT2D eigenvalue weighted by molar-refractivity contribution is 7.91. The third kappa shape index (κ3) is 4.33. The molecule has 0 fully saturated rings. The molecule has 1 N–H and O–H groups in total. The molecule has 106 valence electrons. The lowest BCUT2D eigenvalue weighted by atomic mass is 10.1. The topological polar surface area (TPSA) is 80.7 Å². The summed E-state index contributed by atoms with van der Waals surface area (Å²) in [6.07, 6.45) is 1.15. The Hall–Kier alpha value is -1.40. The van der Waals surface area contributed by atoms with Crippen molar-refractivity contribution < 1.29 is 23.1 Å². The summed E-state index contributed by atoms with van der Waals surface area (Å²) in [6.45, 7) is 2.18. The third-order valence-electron chi connectivity index (χ3n) is 2.78. The lowest BCUT2D eigenvalue weighted by Gasteiger charge is -2.08.